The lowest BCUT2D eigenvalue weighted by Crippen LogP contribution is -2.29. The number of hydrogen-bond acceptors (Lipinski definition) is 2. The first-order valence-corrected chi connectivity index (χ1v) is 5.97. The molecule has 0 spiro atoms. The number of fused-ring (bicyclic) bond motifs is 1. The number of amides is 1. The van der Waals surface area contributed by atoms with Crippen molar-refractivity contribution in [3.8, 4) is 0 Å². The Morgan fingerprint density at radius 1 is 1.00 bits per heavy atom. The SMILES string of the molecule is O=C1C(=O)N(Cc2ccc(F)cc2F)c2ccccc21. The van der Waals surface area contributed by atoms with Crippen LogP contribution in [0, 0.1) is 11.6 Å². The molecule has 1 aliphatic heterocycles. The van der Waals surface area contributed by atoms with Gasteiger partial charge in [-0.15, -0.1) is 0 Å². The average Bonchev–Trinajstić information content (AvgIpc) is 2.67. The molecule has 0 saturated heterocycles. The van der Waals surface area contributed by atoms with E-state index in [-0.39, 0.29) is 12.1 Å². The zero-order chi connectivity index (χ0) is 14.3. The summed E-state index contributed by atoms with van der Waals surface area (Å²) in [6.07, 6.45) is 0. The Kier molecular flexibility index (Phi) is 2.82. The highest BCUT2D eigenvalue weighted by Gasteiger charge is 2.35. The summed E-state index contributed by atoms with van der Waals surface area (Å²) in [5, 5.41) is 0. The lowest BCUT2D eigenvalue weighted by molar-refractivity contribution is -0.114. The molecule has 0 atom stereocenters. The minimum absolute atomic E-state index is 0.103. The normalized spacial score (nSPS) is 13.8. The first kappa shape index (κ1) is 12.5. The summed E-state index contributed by atoms with van der Waals surface area (Å²) in [6.45, 7) is -0.103. The molecule has 2 aromatic carbocycles. The van der Waals surface area contributed by atoms with Gasteiger partial charge in [0, 0.05) is 11.6 Å². The molecule has 0 aliphatic carbocycles. The highest BCUT2D eigenvalue weighted by Crippen LogP contribution is 2.30. The Balaban J connectivity index is 1.99. The maximum absolute atomic E-state index is 13.6. The van der Waals surface area contributed by atoms with E-state index in [0.717, 1.165) is 12.1 Å². The minimum atomic E-state index is -0.741. The number of rotatable bonds is 2. The number of benzene rings is 2. The number of hydrogen-bond donors (Lipinski definition) is 0. The third-order valence-electron chi connectivity index (χ3n) is 3.22. The predicted octanol–water partition coefficient (Wildman–Crippen LogP) is 2.69. The maximum atomic E-state index is 13.6. The molecule has 2 aromatic rings. The minimum Gasteiger partial charge on any atom is -0.300 e. The molecular formula is C15H9F2NO2. The average molecular weight is 273 g/mol. The molecule has 20 heavy (non-hydrogen) atoms. The molecule has 0 unspecified atom stereocenters. The highest BCUT2D eigenvalue weighted by molar-refractivity contribution is 6.52. The molecule has 1 amide bonds. The third-order valence-corrected chi connectivity index (χ3v) is 3.22. The molecule has 0 aromatic heterocycles. The number of halogens is 2. The number of carbonyl (C=O) groups is 2. The highest BCUT2D eigenvalue weighted by atomic mass is 19.1. The van der Waals surface area contributed by atoms with Crippen LogP contribution >= 0.6 is 0 Å². The van der Waals surface area contributed by atoms with E-state index in [2.05, 4.69) is 0 Å². The van der Waals surface area contributed by atoms with E-state index in [1.807, 2.05) is 0 Å². The quantitative estimate of drug-likeness (QED) is 0.789. The lowest BCUT2D eigenvalue weighted by Gasteiger charge is -2.16. The molecule has 100 valence electrons. The van der Waals surface area contributed by atoms with Crippen molar-refractivity contribution in [1.82, 2.24) is 0 Å². The maximum Gasteiger partial charge on any atom is 0.299 e. The topological polar surface area (TPSA) is 37.4 Å². The van der Waals surface area contributed by atoms with E-state index >= 15 is 0 Å². The molecule has 3 nitrogen and oxygen atoms in total. The largest absolute Gasteiger partial charge is 0.300 e. The summed E-state index contributed by atoms with van der Waals surface area (Å²) in [7, 11) is 0. The van der Waals surface area contributed by atoms with Crippen LogP contribution < -0.4 is 4.90 Å². The summed E-state index contributed by atoms with van der Waals surface area (Å²) < 4.78 is 26.5. The number of Topliss-reactive ketones (excluding diaryl/α,β-unsaturated/α-hetero) is 1. The van der Waals surface area contributed by atoms with Gasteiger partial charge in [0.2, 0.25) is 0 Å². The van der Waals surface area contributed by atoms with E-state index in [9.17, 15) is 18.4 Å². The fourth-order valence-electron chi connectivity index (χ4n) is 2.23. The van der Waals surface area contributed by atoms with Crippen molar-refractivity contribution in [3.05, 3.63) is 65.2 Å². The number of ketones is 1. The van der Waals surface area contributed by atoms with Crippen LogP contribution in [0.2, 0.25) is 0 Å². The Morgan fingerprint density at radius 3 is 2.50 bits per heavy atom. The zero-order valence-electron chi connectivity index (χ0n) is 10.3. The van der Waals surface area contributed by atoms with E-state index in [4.69, 9.17) is 0 Å². The number of carbonyl (C=O) groups excluding carboxylic acids is 2. The molecule has 0 fully saturated rings. The van der Waals surface area contributed by atoms with Gasteiger partial charge in [0.15, 0.2) is 0 Å². The zero-order valence-corrected chi connectivity index (χ0v) is 10.3. The summed E-state index contributed by atoms with van der Waals surface area (Å²) in [5.41, 5.74) is 0.912. The molecule has 0 bridgehead atoms. The van der Waals surface area contributed by atoms with Gasteiger partial charge in [0.05, 0.1) is 17.8 Å². The lowest BCUT2D eigenvalue weighted by atomic mass is 10.1. The van der Waals surface area contributed by atoms with Crippen LogP contribution in [0.4, 0.5) is 14.5 Å². The van der Waals surface area contributed by atoms with Crippen molar-refractivity contribution in [1.29, 1.82) is 0 Å². The smallest absolute Gasteiger partial charge is 0.299 e. The van der Waals surface area contributed by atoms with Crippen LogP contribution in [0.5, 0.6) is 0 Å². The van der Waals surface area contributed by atoms with Gasteiger partial charge in [0.25, 0.3) is 11.7 Å². The Bertz CT molecular complexity index is 728. The molecule has 0 radical (unpaired) electrons. The van der Waals surface area contributed by atoms with E-state index in [0.29, 0.717) is 11.3 Å². The Hall–Kier alpha value is -2.56. The van der Waals surface area contributed by atoms with Crippen molar-refractivity contribution in [2.75, 3.05) is 4.90 Å². The van der Waals surface area contributed by atoms with Crippen LogP contribution in [0.15, 0.2) is 42.5 Å². The number of anilines is 1. The van der Waals surface area contributed by atoms with E-state index in [1.165, 1.54) is 11.0 Å². The second kappa shape index (κ2) is 4.52. The number of para-hydroxylation sites is 1. The van der Waals surface area contributed by atoms with Gasteiger partial charge in [-0.05, 0) is 18.2 Å². The monoisotopic (exact) mass is 273 g/mol. The fraction of sp³-hybridized carbons (Fsp3) is 0.0667. The van der Waals surface area contributed by atoms with Crippen LogP contribution in [0.1, 0.15) is 15.9 Å². The second-order valence-electron chi connectivity index (χ2n) is 4.47. The molecule has 3 rings (SSSR count). The van der Waals surface area contributed by atoms with Crippen LogP contribution in [-0.2, 0) is 11.3 Å². The van der Waals surface area contributed by atoms with Crippen molar-refractivity contribution in [2.45, 2.75) is 6.54 Å². The van der Waals surface area contributed by atoms with Gasteiger partial charge in [0.1, 0.15) is 11.6 Å². The van der Waals surface area contributed by atoms with E-state index in [1.54, 1.807) is 24.3 Å². The van der Waals surface area contributed by atoms with Crippen LogP contribution in [0.3, 0.4) is 0 Å². The molecule has 1 heterocycles. The van der Waals surface area contributed by atoms with Gasteiger partial charge in [-0.25, -0.2) is 8.78 Å². The molecule has 1 aliphatic rings. The summed E-state index contributed by atoms with van der Waals surface area (Å²) in [5.74, 6) is -2.73. The summed E-state index contributed by atoms with van der Waals surface area (Å²) >= 11 is 0. The molecule has 0 saturated carbocycles. The van der Waals surface area contributed by atoms with Gasteiger partial charge >= 0.3 is 0 Å². The van der Waals surface area contributed by atoms with Gasteiger partial charge in [-0.3, -0.25) is 9.59 Å². The van der Waals surface area contributed by atoms with Gasteiger partial charge in [-0.2, -0.15) is 0 Å². The third kappa shape index (κ3) is 1.87. The fourth-order valence-corrected chi connectivity index (χ4v) is 2.23. The van der Waals surface area contributed by atoms with Crippen LogP contribution in [0.25, 0.3) is 0 Å². The van der Waals surface area contributed by atoms with Crippen molar-refractivity contribution in [2.24, 2.45) is 0 Å². The second-order valence-corrected chi connectivity index (χ2v) is 4.47. The van der Waals surface area contributed by atoms with Gasteiger partial charge in [-0.1, -0.05) is 18.2 Å². The van der Waals surface area contributed by atoms with Gasteiger partial charge < -0.3 is 4.90 Å². The standard InChI is InChI=1S/C15H9F2NO2/c16-10-6-5-9(12(17)7-10)8-18-13-4-2-1-3-11(13)14(19)15(18)20/h1-7H,8H2. The molecular weight excluding hydrogens is 264 g/mol. The summed E-state index contributed by atoms with van der Waals surface area (Å²) in [4.78, 5) is 24.9. The van der Waals surface area contributed by atoms with Crippen molar-refractivity contribution in [3.63, 3.8) is 0 Å². The Labute approximate surface area is 113 Å². The number of nitrogens with zero attached hydrogens (tertiary/aromatic N) is 1. The van der Waals surface area contributed by atoms with Crippen molar-refractivity contribution >= 4 is 17.4 Å². The van der Waals surface area contributed by atoms with Crippen molar-refractivity contribution < 1.29 is 18.4 Å². The summed E-state index contributed by atoms with van der Waals surface area (Å²) in [6, 6.07) is 9.67. The first-order chi connectivity index (χ1) is 9.58. The predicted molar refractivity (Wildman–Crippen MR) is 68.3 cm³/mol. The first-order valence-electron chi connectivity index (χ1n) is 5.97. The Morgan fingerprint density at radius 2 is 1.75 bits per heavy atom. The molecule has 5 heteroatoms. The van der Waals surface area contributed by atoms with E-state index < -0.39 is 23.3 Å². The van der Waals surface area contributed by atoms with Crippen LogP contribution in [-0.4, -0.2) is 11.7 Å². The molecule has 0 N–H and O–H groups in total.